The van der Waals surface area contributed by atoms with Crippen LogP contribution in [0.15, 0.2) is 78.9 Å². The summed E-state index contributed by atoms with van der Waals surface area (Å²) in [5, 5.41) is 0. The number of carbonyl (C=O) groups excluding carboxylic acids is 1. The summed E-state index contributed by atoms with van der Waals surface area (Å²) in [6.45, 7) is 2.45. The highest BCUT2D eigenvalue weighted by atomic mass is 16.2. The van der Waals surface area contributed by atoms with Crippen LogP contribution < -0.4 is 15.5 Å². The minimum atomic E-state index is 0.0176. The summed E-state index contributed by atoms with van der Waals surface area (Å²) in [5.74, 6) is 0.0176. The first-order valence-electron chi connectivity index (χ1n) is 9.28. The fourth-order valence-electron chi connectivity index (χ4n) is 3.58. The van der Waals surface area contributed by atoms with Crippen molar-refractivity contribution in [2.24, 2.45) is 0 Å². The molecule has 3 aromatic rings. The highest BCUT2D eigenvalue weighted by Crippen LogP contribution is 2.34. The predicted molar refractivity (Wildman–Crippen MR) is 111 cm³/mol. The van der Waals surface area contributed by atoms with Crippen LogP contribution in [0.2, 0.25) is 0 Å². The Morgan fingerprint density at radius 3 is 2.22 bits per heavy atom. The Bertz CT molecular complexity index is 922. The van der Waals surface area contributed by atoms with Crippen molar-refractivity contribution in [3.05, 3.63) is 90.0 Å². The van der Waals surface area contributed by atoms with Crippen molar-refractivity contribution in [3.63, 3.8) is 0 Å². The molecule has 2 N–H and O–H groups in total. The fraction of sp³-hybridized carbons (Fsp3) is 0.174. The molecule has 0 saturated carbocycles. The maximum absolute atomic E-state index is 13.2. The SMILES string of the molecule is Nc1ccc(C(=O)N2CCCN(Cc3ccccc3)c3ccccc32)cc1. The molecule has 0 saturated heterocycles. The van der Waals surface area contributed by atoms with Crippen molar-refractivity contribution in [1.82, 2.24) is 0 Å². The monoisotopic (exact) mass is 357 g/mol. The zero-order valence-corrected chi connectivity index (χ0v) is 15.2. The van der Waals surface area contributed by atoms with Gasteiger partial charge >= 0.3 is 0 Å². The maximum Gasteiger partial charge on any atom is 0.258 e. The summed E-state index contributed by atoms with van der Waals surface area (Å²) >= 11 is 0. The quantitative estimate of drug-likeness (QED) is 0.710. The van der Waals surface area contributed by atoms with Crippen LogP contribution in [0.4, 0.5) is 17.1 Å². The van der Waals surface area contributed by atoms with Crippen molar-refractivity contribution < 1.29 is 4.79 Å². The number of fused-ring (bicyclic) bond motifs is 1. The van der Waals surface area contributed by atoms with E-state index in [1.54, 1.807) is 24.3 Å². The van der Waals surface area contributed by atoms with E-state index in [2.05, 4.69) is 35.2 Å². The zero-order chi connectivity index (χ0) is 18.6. The third-order valence-corrected chi connectivity index (χ3v) is 4.94. The summed E-state index contributed by atoms with van der Waals surface area (Å²) in [6, 6.07) is 25.8. The van der Waals surface area contributed by atoms with Crippen molar-refractivity contribution in [3.8, 4) is 0 Å². The van der Waals surface area contributed by atoms with Gasteiger partial charge in [0, 0.05) is 30.9 Å². The Morgan fingerprint density at radius 2 is 1.48 bits per heavy atom. The molecule has 1 aliphatic rings. The van der Waals surface area contributed by atoms with E-state index in [1.807, 2.05) is 29.2 Å². The normalized spacial score (nSPS) is 13.8. The second-order valence-electron chi connectivity index (χ2n) is 6.83. The lowest BCUT2D eigenvalue weighted by molar-refractivity contribution is 0.0987. The van der Waals surface area contributed by atoms with Gasteiger partial charge in [0.2, 0.25) is 0 Å². The van der Waals surface area contributed by atoms with Crippen molar-refractivity contribution in [2.45, 2.75) is 13.0 Å². The maximum atomic E-state index is 13.2. The van der Waals surface area contributed by atoms with Crippen molar-refractivity contribution >= 4 is 23.0 Å². The fourth-order valence-corrected chi connectivity index (χ4v) is 3.58. The summed E-state index contributed by atoms with van der Waals surface area (Å²) in [5.41, 5.74) is 10.4. The number of hydrogen-bond donors (Lipinski definition) is 1. The van der Waals surface area contributed by atoms with Crippen molar-refractivity contribution in [1.29, 1.82) is 0 Å². The number of anilines is 3. The first-order valence-corrected chi connectivity index (χ1v) is 9.28. The van der Waals surface area contributed by atoms with Gasteiger partial charge in [-0.15, -0.1) is 0 Å². The van der Waals surface area contributed by atoms with Crippen LogP contribution in [0.1, 0.15) is 22.3 Å². The van der Waals surface area contributed by atoms with E-state index in [4.69, 9.17) is 5.73 Å². The van der Waals surface area contributed by atoms with E-state index in [0.29, 0.717) is 17.8 Å². The molecular formula is C23H23N3O. The van der Waals surface area contributed by atoms with Gasteiger partial charge in [0.1, 0.15) is 0 Å². The number of carbonyl (C=O) groups is 1. The van der Waals surface area contributed by atoms with Gasteiger partial charge in [-0.25, -0.2) is 0 Å². The Morgan fingerprint density at radius 1 is 0.815 bits per heavy atom. The van der Waals surface area contributed by atoms with Crippen LogP contribution in [0.5, 0.6) is 0 Å². The van der Waals surface area contributed by atoms with Gasteiger partial charge in [-0.2, -0.15) is 0 Å². The lowest BCUT2D eigenvalue weighted by Crippen LogP contribution is -2.31. The number of amides is 1. The van der Waals surface area contributed by atoms with E-state index >= 15 is 0 Å². The Kier molecular flexibility index (Phi) is 4.79. The van der Waals surface area contributed by atoms with Crippen LogP contribution in [0, 0.1) is 0 Å². The van der Waals surface area contributed by atoms with Crippen LogP contribution >= 0.6 is 0 Å². The first kappa shape index (κ1) is 17.2. The summed E-state index contributed by atoms with van der Waals surface area (Å²) < 4.78 is 0. The number of benzene rings is 3. The van der Waals surface area contributed by atoms with Gasteiger partial charge < -0.3 is 15.5 Å². The molecule has 1 amide bonds. The van der Waals surface area contributed by atoms with E-state index in [-0.39, 0.29) is 5.91 Å². The first-order chi connectivity index (χ1) is 13.2. The Labute approximate surface area is 159 Å². The van der Waals surface area contributed by atoms with Gasteiger partial charge in [0.25, 0.3) is 5.91 Å². The highest BCUT2D eigenvalue weighted by molar-refractivity contribution is 6.08. The third kappa shape index (κ3) is 3.65. The highest BCUT2D eigenvalue weighted by Gasteiger charge is 2.25. The molecule has 1 heterocycles. The molecule has 0 bridgehead atoms. The number of rotatable bonds is 3. The molecule has 4 nitrogen and oxygen atoms in total. The van der Waals surface area contributed by atoms with Crippen molar-refractivity contribution in [2.75, 3.05) is 28.6 Å². The Hall–Kier alpha value is -3.27. The zero-order valence-electron chi connectivity index (χ0n) is 15.2. The Balaban J connectivity index is 1.67. The van der Waals surface area contributed by atoms with Gasteiger partial charge in [0.15, 0.2) is 0 Å². The number of nitrogens with two attached hydrogens (primary N) is 1. The number of nitrogens with zero attached hydrogens (tertiary/aromatic N) is 2. The average molecular weight is 357 g/mol. The number of nitrogen functional groups attached to an aromatic ring is 1. The lowest BCUT2D eigenvalue weighted by Gasteiger charge is -2.27. The van der Waals surface area contributed by atoms with Crippen LogP contribution in [0.25, 0.3) is 0 Å². The standard InChI is InChI=1S/C23H23N3O/c24-20-13-11-19(12-14-20)23(27)26-16-6-15-25(17-18-7-2-1-3-8-18)21-9-4-5-10-22(21)26/h1-5,7-14H,6,15-17,24H2. The lowest BCUT2D eigenvalue weighted by atomic mass is 10.1. The van der Waals surface area contributed by atoms with Gasteiger partial charge in [-0.1, -0.05) is 42.5 Å². The molecule has 0 atom stereocenters. The average Bonchev–Trinajstić information content (AvgIpc) is 2.89. The molecule has 0 spiro atoms. The van der Waals surface area contributed by atoms with E-state index < -0.39 is 0 Å². The van der Waals surface area contributed by atoms with Gasteiger partial charge in [-0.3, -0.25) is 4.79 Å². The second-order valence-corrected chi connectivity index (χ2v) is 6.83. The number of hydrogen-bond acceptors (Lipinski definition) is 3. The van der Waals surface area contributed by atoms with E-state index in [0.717, 1.165) is 30.9 Å². The molecule has 3 aromatic carbocycles. The molecule has 0 fully saturated rings. The summed E-state index contributed by atoms with van der Waals surface area (Å²) in [4.78, 5) is 17.4. The molecule has 4 heteroatoms. The molecule has 136 valence electrons. The van der Waals surface area contributed by atoms with Gasteiger partial charge in [0.05, 0.1) is 11.4 Å². The summed E-state index contributed by atoms with van der Waals surface area (Å²) in [7, 11) is 0. The number of para-hydroxylation sites is 2. The van der Waals surface area contributed by atoms with E-state index in [1.165, 1.54) is 5.56 Å². The molecule has 4 rings (SSSR count). The molecule has 1 aliphatic heterocycles. The molecule has 27 heavy (non-hydrogen) atoms. The van der Waals surface area contributed by atoms with Crippen LogP contribution in [-0.2, 0) is 6.54 Å². The molecule has 0 aliphatic carbocycles. The van der Waals surface area contributed by atoms with E-state index in [9.17, 15) is 4.79 Å². The third-order valence-electron chi connectivity index (χ3n) is 4.94. The molecular weight excluding hydrogens is 334 g/mol. The largest absolute Gasteiger partial charge is 0.399 e. The molecule has 0 radical (unpaired) electrons. The second kappa shape index (κ2) is 7.54. The molecule has 0 unspecified atom stereocenters. The smallest absolute Gasteiger partial charge is 0.258 e. The summed E-state index contributed by atoms with van der Waals surface area (Å²) in [6.07, 6.45) is 0.919. The minimum Gasteiger partial charge on any atom is -0.399 e. The molecule has 0 aromatic heterocycles. The van der Waals surface area contributed by atoms with Gasteiger partial charge in [-0.05, 0) is 48.4 Å². The topological polar surface area (TPSA) is 49.6 Å². The predicted octanol–water partition coefficient (Wildman–Crippen LogP) is 4.33. The van der Waals surface area contributed by atoms with Crippen LogP contribution in [0.3, 0.4) is 0 Å². The minimum absolute atomic E-state index is 0.0176. The van der Waals surface area contributed by atoms with Crippen LogP contribution in [-0.4, -0.2) is 19.0 Å².